The predicted molar refractivity (Wildman–Crippen MR) is 66.9 cm³/mol. The summed E-state index contributed by atoms with van der Waals surface area (Å²) >= 11 is 0. The molecule has 1 unspecified atom stereocenters. The molecule has 0 spiro atoms. The zero-order chi connectivity index (χ0) is 12.7. The van der Waals surface area contributed by atoms with Crippen LogP contribution in [0.4, 0.5) is 0 Å². The molecule has 4 nitrogen and oxygen atoms in total. The molecule has 1 aliphatic rings. The summed E-state index contributed by atoms with van der Waals surface area (Å²) in [7, 11) is 0. The fourth-order valence-electron chi connectivity index (χ4n) is 1.65. The number of rotatable bonds is 9. The van der Waals surface area contributed by atoms with Gasteiger partial charge in [0.15, 0.2) is 0 Å². The van der Waals surface area contributed by atoms with Gasteiger partial charge < -0.3 is 9.47 Å². The second kappa shape index (κ2) is 6.97. The first-order valence-corrected chi connectivity index (χ1v) is 6.65. The van der Waals surface area contributed by atoms with Crippen LogP contribution >= 0.6 is 0 Å². The van der Waals surface area contributed by atoms with Crippen molar-refractivity contribution in [3.63, 3.8) is 0 Å². The molecule has 1 fully saturated rings. The number of nitrogens with one attached hydrogen (secondary N) is 1. The topological polar surface area (TPSA) is 47.6 Å². The van der Waals surface area contributed by atoms with E-state index < -0.39 is 5.54 Å². The van der Waals surface area contributed by atoms with Gasteiger partial charge in [0.1, 0.15) is 5.54 Å². The Morgan fingerprint density at radius 2 is 2.12 bits per heavy atom. The average molecular weight is 243 g/mol. The number of hydrogen-bond acceptors (Lipinski definition) is 4. The molecule has 1 rings (SSSR count). The van der Waals surface area contributed by atoms with E-state index in [4.69, 9.17) is 9.47 Å². The van der Waals surface area contributed by atoms with Crippen molar-refractivity contribution in [3.05, 3.63) is 0 Å². The van der Waals surface area contributed by atoms with Crippen molar-refractivity contribution in [1.29, 1.82) is 0 Å². The van der Waals surface area contributed by atoms with Gasteiger partial charge in [-0.3, -0.25) is 5.32 Å². The summed E-state index contributed by atoms with van der Waals surface area (Å²) in [5.74, 6) is -0.205. The fraction of sp³-hybridized carbons (Fsp3) is 0.923. The number of ether oxygens (including phenoxy) is 2. The van der Waals surface area contributed by atoms with Gasteiger partial charge >= 0.3 is 5.97 Å². The monoisotopic (exact) mass is 243 g/mol. The molecule has 0 radical (unpaired) electrons. The SMILES string of the molecule is CCCCOCC(C)(NC1CC1)C(=O)OCC. The molecule has 4 heteroatoms. The molecular formula is C13H25NO3. The van der Waals surface area contributed by atoms with Gasteiger partial charge in [-0.2, -0.15) is 0 Å². The van der Waals surface area contributed by atoms with E-state index in [0.29, 0.717) is 25.9 Å². The molecular weight excluding hydrogens is 218 g/mol. The van der Waals surface area contributed by atoms with E-state index in [-0.39, 0.29) is 5.97 Å². The van der Waals surface area contributed by atoms with Crippen molar-refractivity contribution < 1.29 is 14.3 Å². The van der Waals surface area contributed by atoms with E-state index in [1.54, 1.807) is 0 Å². The minimum atomic E-state index is -0.690. The Labute approximate surface area is 104 Å². The number of carbonyl (C=O) groups is 1. The van der Waals surface area contributed by atoms with Crippen LogP contribution in [0.15, 0.2) is 0 Å². The Hall–Kier alpha value is -0.610. The van der Waals surface area contributed by atoms with Crippen molar-refractivity contribution in [2.24, 2.45) is 0 Å². The van der Waals surface area contributed by atoms with Gasteiger partial charge in [0.05, 0.1) is 13.2 Å². The number of unbranched alkanes of at least 4 members (excludes halogenated alkanes) is 1. The van der Waals surface area contributed by atoms with Gasteiger partial charge in [0, 0.05) is 12.6 Å². The van der Waals surface area contributed by atoms with Gasteiger partial charge in [0.2, 0.25) is 0 Å². The summed E-state index contributed by atoms with van der Waals surface area (Å²) < 4.78 is 10.7. The minimum Gasteiger partial charge on any atom is -0.465 e. The first-order chi connectivity index (χ1) is 8.12. The molecule has 0 heterocycles. The number of carbonyl (C=O) groups excluding carboxylic acids is 1. The first kappa shape index (κ1) is 14.5. The highest BCUT2D eigenvalue weighted by Gasteiger charge is 2.39. The van der Waals surface area contributed by atoms with Crippen molar-refractivity contribution in [2.45, 2.75) is 58.0 Å². The van der Waals surface area contributed by atoms with Crippen molar-refractivity contribution >= 4 is 5.97 Å². The molecule has 1 saturated carbocycles. The van der Waals surface area contributed by atoms with Gasteiger partial charge in [0.25, 0.3) is 0 Å². The lowest BCUT2D eigenvalue weighted by Crippen LogP contribution is -2.55. The molecule has 0 bridgehead atoms. The Kier molecular flexibility index (Phi) is 5.92. The summed E-state index contributed by atoms with van der Waals surface area (Å²) in [6.45, 7) is 7.33. The molecule has 0 saturated heterocycles. The average Bonchev–Trinajstić information content (AvgIpc) is 3.08. The highest BCUT2D eigenvalue weighted by molar-refractivity contribution is 5.80. The lowest BCUT2D eigenvalue weighted by atomic mass is 10.0. The predicted octanol–water partition coefficient (Wildman–Crippen LogP) is 1.88. The van der Waals surface area contributed by atoms with Crippen molar-refractivity contribution in [1.82, 2.24) is 5.32 Å². The third-order valence-electron chi connectivity index (χ3n) is 2.86. The highest BCUT2D eigenvalue weighted by Crippen LogP contribution is 2.23. The molecule has 1 aliphatic carbocycles. The van der Waals surface area contributed by atoms with E-state index in [0.717, 1.165) is 25.7 Å². The molecule has 0 amide bonds. The standard InChI is InChI=1S/C13H25NO3/c1-4-6-9-16-10-13(3,12(15)17-5-2)14-11-7-8-11/h11,14H,4-10H2,1-3H3. The maximum Gasteiger partial charge on any atom is 0.328 e. The summed E-state index contributed by atoms with van der Waals surface area (Å²) in [6, 6.07) is 0.458. The second-order valence-corrected chi connectivity index (χ2v) is 4.88. The molecule has 0 aliphatic heterocycles. The normalized spacial score (nSPS) is 18.8. The van der Waals surface area contributed by atoms with Crippen LogP contribution in [-0.2, 0) is 14.3 Å². The van der Waals surface area contributed by atoms with Crippen LogP contribution in [0, 0.1) is 0 Å². The highest BCUT2D eigenvalue weighted by atomic mass is 16.5. The summed E-state index contributed by atoms with van der Waals surface area (Å²) in [5, 5.41) is 3.33. The van der Waals surface area contributed by atoms with Crippen LogP contribution < -0.4 is 5.32 Å². The summed E-state index contributed by atoms with van der Waals surface area (Å²) in [4.78, 5) is 11.9. The second-order valence-electron chi connectivity index (χ2n) is 4.88. The zero-order valence-corrected chi connectivity index (χ0v) is 11.3. The van der Waals surface area contributed by atoms with Gasteiger partial charge in [-0.05, 0) is 33.1 Å². The minimum absolute atomic E-state index is 0.205. The van der Waals surface area contributed by atoms with Crippen molar-refractivity contribution in [2.75, 3.05) is 19.8 Å². The van der Waals surface area contributed by atoms with E-state index in [9.17, 15) is 4.79 Å². The van der Waals surface area contributed by atoms with Crippen LogP contribution in [0.2, 0.25) is 0 Å². The Morgan fingerprint density at radius 3 is 2.65 bits per heavy atom. The number of hydrogen-bond donors (Lipinski definition) is 1. The van der Waals surface area contributed by atoms with Crippen LogP contribution in [0.5, 0.6) is 0 Å². The van der Waals surface area contributed by atoms with Crippen LogP contribution in [0.3, 0.4) is 0 Å². The summed E-state index contributed by atoms with van der Waals surface area (Å²) in [6.07, 6.45) is 4.42. The zero-order valence-electron chi connectivity index (χ0n) is 11.3. The quantitative estimate of drug-likeness (QED) is 0.496. The Balaban J connectivity index is 2.41. The third kappa shape index (κ3) is 5.04. The molecule has 0 aromatic rings. The lowest BCUT2D eigenvalue weighted by Gasteiger charge is -2.28. The van der Waals surface area contributed by atoms with E-state index in [1.807, 2.05) is 13.8 Å². The smallest absolute Gasteiger partial charge is 0.328 e. The van der Waals surface area contributed by atoms with E-state index in [2.05, 4.69) is 12.2 Å². The fourth-order valence-corrected chi connectivity index (χ4v) is 1.65. The number of esters is 1. The van der Waals surface area contributed by atoms with Crippen LogP contribution in [0.25, 0.3) is 0 Å². The first-order valence-electron chi connectivity index (χ1n) is 6.65. The van der Waals surface area contributed by atoms with Gasteiger partial charge in [-0.25, -0.2) is 4.79 Å². The molecule has 100 valence electrons. The maximum absolute atomic E-state index is 11.9. The Bertz CT molecular complexity index is 241. The van der Waals surface area contributed by atoms with Gasteiger partial charge in [-0.1, -0.05) is 13.3 Å². The third-order valence-corrected chi connectivity index (χ3v) is 2.86. The van der Waals surface area contributed by atoms with E-state index in [1.165, 1.54) is 0 Å². The molecule has 1 atom stereocenters. The van der Waals surface area contributed by atoms with Crippen molar-refractivity contribution in [3.8, 4) is 0 Å². The van der Waals surface area contributed by atoms with Gasteiger partial charge in [-0.15, -0.1) is 0 Å². The van der Waals surface area contributed by atoms with Crippen LogP contribution in [0.1, 0.15) is 46.5 Å². The molecule has 0 aromatic heterocycles. The van der Waals surface area contributed by atoms with Crippen LogP contribution in [-0.4, -0.2) is 37.4 Å². The maximum atomic E-state index is 11.9. The molecule has 0 aromatic carbocycles. The largest absolute Gasteiger partial charge is 0.465 e. The molecule has 1 N–H and O–H groups in total. The molecule has 17 heavy (non-hydrogen) atoms. The van der Waals surface area contributed by atoms with E-state index >= 15 is 0 Å². The summed E-state index contributed by atoms with van der Waals surface area (Å²) in [5.41, 5.74) is -0.690. The lowest BCUT2D eigenvalue weighted by molar-refractivity contribution is -0.153. The Morgan fingerprint density at radius 1 is 1.41 bits per heavy atom.